The number of anilines is 2. The first-order valence-corrected chi connectivity index (χ1v) is 5.79. The molecule has 1 amide bonds. The molecule has 2 aromatic rings. The highest BCUT2D eigenvalue weighted by molar-refractivity contribution is 5.95. The number of rotatable bonds is 3. The van der Waals surface area contributed by atoms with E-state index < -0.39 is 12.0 Å². The van der Waals surface area contributed by atoms with Crippen LogP contribution in [0, 0.1) is 18.9 Å². The van der Waals surface area contributed by atoms with E-state index in [1.807, 2.05) is 0 Å². The molecule has 0 bridgehead atoms. The summed E-state index contributed by atoms with van der Waals surface area (Å²) in [5.41, 5.74) is 1.76. The van der Waals surface area contributed by atoms with Crippen LogP contribution in [0.5, 0.6) is 0 Å². The number of aryl methyl sites for hydroxylation is 1. The van der Waals surface area contributed by atoms with Crippen LogP contribution >= 0.6 is 0 Å². The van der Waals surface area contributed by atoms with E-state index in [0.29, 0.717) is 11.3 Å². The Labute approximate surface area is 114 Å². The summed E-state index contributed by atoms with van der Waals surface area (Å²) in [5, 5.41) is 5.26. The molecular formula is C13H12F2N4O. The van der Waals surface area contributed by atoms with E-state index in [4.69, 9.17) is 0 Å². The van der Waals surface area contributed by atoms with Crippen LogP contribution < -0.4 is 10.6 Å². The van der Waals surface area contributed by atoms with Crippen molar-refractivity contribution in [1.82, 2.24) is 15.3 Å². The molecule has 0 saturated carbocycles. The molecule has 7 heteroatoms. The molecule has 104 valence electrons. The summed E-state index contributed by atoms with van der Waals surface area (Å²) >= 11 is 0. The van der Waals surface area contributed by atoms with Crippen molar-refractivity contribution in [3.63, 3.8) is 0 Å². The Hall–Kier alpha value is -2.57. The van der Waals surface area contributed by atoms with Gasteiger partial charge >= 0.3 is 6.08 Å². The molecule has 20 heavy (non-hydrogen) atoms. The number of nitrogens with one attached hydrogen (secondary N) is 2. The summed E-state index contributed by atoms with van der Waals surface area (Å²) in [6.45, 7) is 1.80. The lowest BCUT2D eigenvalue weighted by Gasteiger charge is -2.10. The van der Waals surface area contributed by atoms with Gasteiger partial charge in [0.25, 0.3) is 5.91 Å². The molecule has 0 fully saturated rings. The number of nitrogens with zero attached hydrogens (tertiary/aromatic N) is 2. The Balaban J connectivity index is 2.34. The van der Waals surface area contributed by atoms with Gasteiger partial charge in [0.15, 0.2) is 0 Å². The third-order valence-corrected chi connectivity index (χ3v) is 2.66. The zero-order valence-electron chi connectivity index (χ0n) is 10.9. The molecule has 5 nitrogen and oxygen atoms in total. The Kier molecular flexibility index (Phi) is 3.88. The normalized spacial score (nSPS) is 10.2. The predicted molar refractivity (Wildman–Crippen MR) is 69.8 cm³/mol. The summed E-state index contributed by atoms with van der Waals surface area (Å²) in [4.78, 5) is 17.9. The second-order valence-corrected chi connectivity index (χ2v) is 4.08. The van der Waals surface area contributed by atoms with Crippen molar-refractivity contribution in [2.24, 2.45) is 0 Å². The van der Waals surface area contributed by atoms with Crippen LogP contribution in [0.3, 0.4) is 0 Å². The van der Waals surface area contributed by atoms with E-state index in [-0.39, 0.29) is 11.7 Å². The molecule has 0 aliphatic rings. The zero-order chi connectivity index (χ0) is 14.7. The number of hydrogen-bond acceptors (Lipinski definition) is 4. The fraction of sp³-hybridized carbons (Fsp3) is 0.154. The van der Waals surface area contributed by atoms with Crippen molar-refractivity contribution in [3.8, 4) is 0 Å². The first kappa shape index (κ1) is 13.9. The highest BCUT2D eigenvalue weighted by Crippen LogP contribution is 2.21. The van der Waals surface area contributed by atoms with Crippen molar-refractivity contribution in [1.29, 1.82) is 0 Å². The molecule has 2 rings (SSSR count). The molecule has 0 radical (unpaired) electrons. The lowest BCUT2D eigenvalue weighted by molar-refractivity contribution is 0.0963. The van der Waals surface area contributed by atoms with Gasteiger partial charge in [-0.05, 0) is 24.6 Å². The molecule has 0 atom stereocenters. The second-order valence-electron chi connectivity index (χ2n) is 4.08. The summed E-state index contributed by atoms with van der Waals surface area (Å²) in [5.74, 6) is -1.25. The van der Waals surface area contributed by atoms with Crippen molar-refractivity contribution in [2.45, 2.75) is 6.92 Å². The zero-order valence-corrected chi connectivity index (χ0v) is 10.9. The Morgan fingerprint density at radius 3 is 2.60 bits per heavy atom. The lowest BCUT2D eigenvalue weighted by atomic mass is 10.1. The minimum Gasteiger partial charge on any atom is -0.355 e. The first-order chi connectivity index (χ1) is 9.49. The average Bonchev–Trinajstić information content (AvgIpc) is 2.39. The van der Waals surface area contributed by atoms with Crippen LogP contribution in [0.25, 0.3) is 0 Å². The van der Waals surface area contributed by atoms with Gasteiger partial charge in [-0.15, -0.1) is 0 Å². The van der Waals surface area contributed by atoms with Crippen LogP contribution in [-0.4, -0.2) is 22.9 Å². The predicted octanol–water partition coefficient (Wildman–Crippen LogP) is 2.17. The highest BCUT2D eigenvalue weighted by Gasteiger charge is 2.09. The van der Waals surface area contributed by atoms with Crippen molar-refractivity contribution < 1.29 is 13.6 Å². The number of amides is 1. The van der Waals surface area contributed by atoms with E-state index in [9.17, 15) is 13.6 Å². The molecule has 0 aliphatic heterocycles. The molecule has 0 spiro atoms. The van der Waals surface area contributed by atoms with Crippen molar-refractivity contribution in [3.05, 3.63) is 47.4 Å². The minimum atomic E-state index is -1.16. The van der Waals surface area contributed by atoms with Crippen molar-refractivity contribution >= 4 is 17.4 Å². The van der Waals surface area contributed by atoms with E-state index in [2.05, 4.69) is 20.6 Å². The molecular weight excluding hydrogens is 266 g/mol. The van der Waals surface area contributed by atoms with Gasteiger partial charge in [-0.1, -0.05) is 6.07 Å². The fourth-order valence-corrected chi connectivity index (χ4v) is 1.63. The number of halogens is 2. The van der Waals surface area contributed by atoms with Crippen LogP contribution in [-0.2, 0) is 0 Å². The molecule has 0 unspecified atom stereocenters. The maximum Gasteiger partial charge on any atom is 0.313 e. The van der Waals surface area contributed by atoms with E-state index in [0.717, 1.165) is 11.6 Å². The van der Waals surface area contributed by atoms with E-state index in [1.54, 1.807) is 25.1 Å². The van der Waals surface area contributed by atoms with Crippen molar-refractivity contribution in [2.75, 3.05) is 12.4 Å². The average molecular weight is 278 g/mol. The molecule has 0 saturated heterocycles. The topological polar surface area (TPSA) is 66.9 Å². The van der Waals surface area contributed by atoms with Crippen LogP contribution in [0.2, 0.25) is 0 Å². The summed E-state index contributed by atoms with van der Waals surface area (Å²) in [6.07, 6.45) is -1.16. The standard InChI is InChI=1S/C13H12F2N4O/c1-7-3-4-8(12(20)16-2)5-9(7)17-11-6-10(14)18-13(15)19-11/h3-6H,1-2H3,(H,16,20)(H,17,18,19). The smallest absolute Gasteiger partial charge is 0.313 e. The third-order valence-electron chi connectivity index (χ3n) is 2.66. The fourth-order valence-electron chi connectivity index (χ4n) is 1.63. The molecule has 2 N–H and O–H groups in total. The Morgan fingerprint density at radius 1 is 1.20 bits per heavy atom. The van der Waals surface area contributed by atoms with Gasteiger partial charge in [0.05, 0.1) is 0 Å². The van der Waals surface area contributed by atoms with Gasteiger partial charge in [0, 0.05) is 24.4 Å². The third kappa shape index (κ3) is 3.05. The van der Waals surface area contributed by atoms with E-state index in [1.165, 1.54) is 7.05 Å². The Bertz CT molecular complexity index is 641. The SMILES string of the molecule is CNC(=O)c1ccc(C)c(Nc2cc(F)nc(F)n2)c1. The quantitative estimate of drug-likeness (QED) is 0.667. The highest BCUT2D eigenvalue weighted by atomic mass is 19.1. The summed E-state index contributed by atoms with van der Waals surface area (Å²) < 4.78 is 25.9. The minimum absolute atomic E-state index is 0.0212. The van der Waals surface area contributed by atoms with Gasteiger partial charge in [-0.3, -0.25) is 4.79 Å². The van der Waals surface area contributed by atoms with Gasteiger partial charge in [-0.2, -0.15) is 18.7 Å². The van der Waals surface area contributed by atoms with E-state index >= 15 is 0 Å². The summed E-state index contributed by atoms with van der Waals surface area (Å²) in [7, 11) is 1.52. The van der Waals surface area contributed by atoms with Gasteiger partial charge in [-0.25, -0.2) is 0 Å². The first-order valence-electron chi connectivity index (χ1n) is 5.79. The van der Waals surface area contributed by atoms with Crippen LogP contribution in [0.15, 0.2) is 24.3 Å². The lowest BCUT2D eigenvalue weighted by Crippen LogP contribution is -2.17. The number of carbonyl (C=O) groups is 1. The molecule has 1 aromatic carbocycles. The number of benzene rings is 1. The largest absolute Gasteiger partial charge is 0.355 e. The van der Waals surface area contributed by atoms with Crippen LogP contribution in [0.1, 0.15) is 15.9 Å². The Morgan fingerprint density at radius 2 is 1.95 bits per heavy atom. The number of carbonyl (C=O) groups excluding carboxylic acids is 1. The maximum atomic E-state index is 13.0. The summed E-state index contributed by atoms with van der Waals surface area (Å²) in [6, 6.07) is 5.92. The monoisotopic (exact) mass is 278 g/mol. The van der Waals surface area contributed by atoms with Crippen LogP contribution in [0.4, 0.5) is 20.3 Å². The molecule has 1 heterocycles. The van der Waals surface area contributed by atoms with Gasteiger partial charge in [0.2, 0.25) is 5.95 Å². The molecule has 1 aromatic heterocycles. The number of hydrogen-bond donors (Lipinski definition) is 2. The maximum absolute atomic E-state index is 13.0. The number of aromatic nitrogens is 2. The molecule has 0 aliphatic carbocycles. The van der Waals surface area contributed by atoms with Gasteiger partial charge in [0.1, 0.15) is 5.82 Å². The van der Waals surface area contributed by atoms with Gasteiger partial charge < -0.3 is 10.6 Å². The second kappa shape index (κ2) is 5.60.